The quantitative estimate of drug-likeness (QED) is 0.752. The van der Waals surface area contributed by atoms with Gasteiger partial charge in [-0.3, -0.25) is 4.79 Å². The van der Waals surface area contributed by atoms with Crippen molar-refractivity contribution < 1.29 is 14.3 Å². The van der Waals surface area contributed by atoms with Crippen molar-refractivity contribution in [2.24, 2.45) is 5.92 Å². The van der Waals surface area contributed by atoms with E-state index in [1.165, 1.54) is 0 Å². The maximum Gasteiger partial charge on any atom is 0.224 e. The van der Waals surface area contributed by atoms with Gasteiger partial charge in [-0.15, -0.1) is 12.4 Å². The van der Waals surface area contributed by atoms with Gasteiger partial charge in [0.15, 0.2) is 0 Å². The third-order valence-corrected chi connectivity index (χ3v) is 3.60. The first-order valence-corrected chi connectivity index (χ1v) is 7.55. The first-order chi connectivity index (χ1) is 10.3. The number of halogens is 1. The van der Waals surface area contributed by atoms with Crippen LogP contribution < -0.4 is 20.1 Å². The maximum absolute atomic E-state index is 11.9. The van der Waals surface area contributed by atoms with E-state index < -0.39 is 0 Å². The van der Waals surface area contributed by atoms with Gasteiger partial charge in [0.1, 0.15) is 11.5 Å². The van der Waals surface area contributed by atoms with Gasteiger partial charge >= 0.3 is 0 Å². The molecule has 1 heterocycles. The Balaban J connectivity index is 0.00000242. The number of carbonyl (C=O) groups is 1. The lowest BCUT2D eigenvalue weighted by Crippen LogP contribution is -2.40. The van der Waals surface area contributed by atoms with E-state index in [9.17, 15) is 4.79 Å². The third-order valence-electron chi connectivity index (χ3n) is 3.60. The molecule has 0 radical (unpaired) electrons. The van der Waals surface area contributed by atoms with Crippen molar-refractivity contribution in [2.45, 2.75) is 19.3 Å². The Kier molecular flexibility index (Phi) is 8.70. The van der Waals surface area contributed by atoms with Gasteiger partial charge < -0.3 is 20.1 Å². The van der Waals surface area contributed by atoms with Crippen molar-refractivity contribution in [1.82, 2.24) is 10.6 Å². The number of carbonyl (C=O) groups excluding carboxylic acids is 1. The number of ether oxygens (including phenoxy) is 2. The maximum atomic E-state index is 11.9. The van der Waals surface area contributed by atoms with E-state index in [0.717, 1.165) is 43.9 Å². The lowest BCUT2D eigenvalue weighted by molar-refractivity contribution is -0.125. The largest absolute Gasteiger partial charge is 0.497 e. The van der Waals surface area contributed by atoms with Gasteiger partial charge in [0, 0.05) is 19.2 Å². The van der Waals surface area contributed by atoms with Crippen molar-refractivity contribution in [1.29, 1.82) is 0 Å². The van der Waals surface area contributed by atoms with Crippen molar-refractivity contribution in [3.8, 4) is 11.5 Å². The first-order valence-electron chi connectivity index (χ1n) is 7.55. The molecule has 6 heteroatoms. The normalized spacial score (nSPS) is 17.2. The summed E-state index contributed by atoms with van der Waals surface area (Å²) in [5, 5.41) is 6.23. The summed E-state index contributed by atoms with van der Waals surface area (Å²) in [7, 11) is 1.63. The van der Waals surface area contributed by atoms with Gasteiger partial charge in [0.2, 0.25) is 5.91 Å². The molecular formula is C16H25ClN2O3. The zero-order valence-electron chi connectivity index (χ0n) is 13.0. The predicted molar refractivity (Wildman–Crippen MR) is 89.0 cm³/mol. The number of methoxy groups -OCH3 is 1. The molecule has 0 aromatic heterocycles. The van der Waals surface area contributed by atoms with Crippen LogP contribution in [0.3, 0.4) is 0 Å². The number of nitrogens with one attached hydrogen (secondary N) is 2. The lowest BCUT2D eigenvalue weighted by atomic mass is 9.99. The minimum absolute atomic E-state index is 0. The van der Waals surface area contributed by atoms with Gasteiger partial charge in [-0.1, -0.05) is 6.07 Å². The van der Waals surface area contributed by atoms with Crippen LogP contribution in [-0.2, 0) is 4.79 Å². The average molecular weight is 329 g/mol. The molecule has 5 nitrogen and oxygen atoms in total. The molecular weight excluding hydrogens is 304 g/mol. The van der Waals surface area contributed by atoms with Crippen LogP contribution in [0.4, 0.5) is 0 Å². The van der Waals surface area contributed by atoms with Gasteiger partial charge in [-0.05, 0) is 37.9 Å². The summed E-state index contributed by atoms with van der Waals surface area (Å²) in [5.74, 6) is 1.85. The molecule has 1 fully saturated rings. The minimum atomic E-state index is 0. The van der Waals surface area contributed by atoms with Crippen LogP contribution in [0.25, 0.3) is 0 Å². The van der Waals surface area contributed by atoms with Gasteiger partial charge in [-0.2, -0.15) is 0 Å². The molecule has 1 atom stereocenters. The second-order valence-electron chi connectivity index (χ2n) is 5.22. The van der Waals surface area contributed by atoms with E-state index in [1.54, 1.807) is 7.11 Å². The fraction of sp³-hybridized carbons (Fsp3) is 0.562. The molecule has 0 bridgehead atoms. The second-order valence-corrected chi connectivity index (χ2v) is 5.22. The molecule has 22 heavy (non-hydrogen) atoms. The van der Waals surface area contributed by atoms with Crippen molar-refractivity contribution in [3.05, 3.63) is 24.3 Å². The summed E-state index contributed by atoms with van der Waals surface area (Å²) in [6.07, 6.45) is 2.86. The van der Waals surface area contributed by atoms with Crippen molar-refractivity contribution in [3.63, 3.8) is 0 Å². The van der Waals surface area contributed by atoms with Crippen LogP contribution in [-0.4, -0.2) is 39.3 Å². The number of hydrogen-bond donors (Lipinski definition) is 2. The smallest absolute Gasteiger partial charge is 0.224 e. The predicted octanol–water partition coefficient (Wildman–Crippen LogP) is 2.00. The molecule has 1 aromatic carbocycles. The molecule has 0 saturated carbocycles. The number of benzene rings is 1. The summed E-state index contributed by atoms with van der Waals surface area (Å²) >= 11 is 0. The van der Waals surface area contributed by atoms with E-state index in [4.69, 9.17) is 9.47 Å². The molecule has 124 valence electrons. The van der Waals surface area contributed by atoms with Crippen molar-refractivity contribution in [2.75, 3.05) is 33.4 Å². The molecule has 1 aromatic rings. The van der Waals surface area contributed by atoms with E-state index in [2.05, 4.69) is 10.6 Å². The Morgan fingerprint density at radius 3 is 2.95 bits per heavy atom. The Labute approximate surface area is 138 Å². The highest BCUT2D eigenvalue weighted by molar-refractivity contribution is 5.85. The van der Waals surface area contributed by atoms with E-state index in [-0.39, 0.29) is 24.2 Å². The molecule has 0 spiro atoms. The standard InChI is InChI=1S/C16H24N2O3.ClH/c1-20-14-6-2-7-15(11-14)21-10-4-9-18-16(19)13-5-3-8-17-12-13;/h2,6-7,11,13,17H,3-5,8-10,12H2,1H3,(H,18,19);1H. The van der Waals surface area contributed by atoms with Crippen LogP contribution in [0.5, 0.6) is 11.5 Å². The Morgan fingerprint density at radius 2 is 2.23 bits per heavy atom. The number of hydrogen-bond acceptors (Lipinski definition) is 4. The molecule has 2 rings (SSSR count). The fourth-order valence-electron chi connectivity index (χ4n) is 2.38. The molecule has 1 aliphatic rings. The molecule has 2 N–H and O–H groups in total. The van der Waals surface area contributed by atoms with Gasteiger partial charge in [-0.25, -0.2) is 0 Å². The summed E-state index contributed by atoms with van der Waals surface area (Å²) in [6.45, 7) is 3.06. The zero-order chi connectivity index (χ0) is 14.9. The number of rotatable bonds is 7. The van der Waals surface area contributed by atoms with E-state index >= 15 is 0 Å². The van der Waals surface area contributed by atoms with E-state index in [0.29, 0.717) is 13.2 Å². The van der Waals surface area contributed by atoms with E-state index in [1.807, 2.05) is 24.3 Å². The summed E-state index contributed by atoms with van der Waals surface area (Å²) in [6, 6.07) is 7.53. The monoisotopic (exact) mass is 328 g/mol. The van der Waals surface area contributed by atoms with Crippen LogP contribution in [0.2, 0.25) is 0 Å². The topological polar surface area (TPSA) is 59.6 Å². The highest BCUT2D eigenvalue weighted by Gasteiger charge is 2.19. The highest BCUT2D eigenvalue weighted by atomic mass is 35.5. The third kappa shape index (κ3) is 6.12. The second kappa shape index (κ2) is 10.3. The summed E-state index contributed by atoms with van der Waals surface area (Å²) in [4.78, 5) is 11.9. The SMILES string of the molecule is COc1cccc(OCCCNC(=O)C2CCCNC2)c1.Cl. The van der Waals surface area contributed by atoms with Crippen LogP contribution in [0.1, 0.15) is 19.3 Å². The summed E-state index contributed by atoms with van der Waals surface area (Å²) < 4.78 is 10.8. The first kappa shape index (κ1) is 18.6. The zero-order valence-corrected chi connectivity index (χ0v) is 13.8. The molecule has 1 saturated heterocycles. The Hall–Kier alpha value is -1.46. The average Bonchev–Trinajstić information content (AvgIpc) is 2.55. The van der Waals surface area contributed by atoms with Gasteiger partial charge in [0.05, 0.1) is 19.6 Å². The molecule has 1 aliphatic heterocycles. The molecule has 1 amide bonds. The number of amides is 1. The van der Waals surface area contributed by atoms with Crippen LogP contribution >= 0.6 is 12.4 Å². The van der Waals surface area contributed by atoms with Crippen molar-refractivity contribution >= 4 is 18.3 Å². The number of piperidine rings is 1. The summed E-state index contributed by atoms with van der Waals surface area (Å²) in [5.41, 5.74) is 0. The molecule has 1 unspecified atom stereocenters. The highest BCUT2D eigenvalue weighted by Crippen LogP contribution is 2.18. The van der Waals surface area contributed by atoms with Crippen LogP contribution in [0.15, 0.2) is 24.3 Å². The molecule has 0 aliphatic carbocycles. The van der Waals surface area contributed by atoms with Gasteiger partial charge in [0.25, 0.3) is 0 Å². The Morgan fingerprint density at radius 1 is 1.41 bits per heavy atom. The lowest BCUT2D eigenvalue weighted by Gasteiger charge is -2.21. The Bertz CT molecular complexity index is 451. The fourth-order valence-corrected chi connectivity index (χ4v) is 2.38. The minimum Gasteiger partial charge on any atom is -0.497 e. The van der Waals surface area contributed by atoms with Crippen LogP contribution in [0, 0.1) is 5.92 Å².